The van der Waals surface area contributed by atoms with Gasteiger partial charge in [0.2, 0.25) is 0 Å². The predicted octanol–water partition coefficient (Wildman–Crippen LogP) is 9.16. The van der Waals surface area contributed by atoms with Gasteiger partial charge in [0.15, 0.2) is 0 Å². The third-order valence-electron chi connectivity index (χ3n) is 7.25. The van der Waals surface area contributed by atoms with Gasteiger partial charge in [0.05, 0.1) is 0 Å². The molecule has 1 aliphatic rings. The van der Waals surface area contributed by atoms with E-state index < -0.39 is 0 Å². The number of rotatable bonds is 2. The lowest BCUT2D eigenvalue weighted by atomic mass is 9.77. The van der Waals surface area contributed by atoms with E-state index in [0.717, 1.165) is 12.8 Å². The van der Waals surface area contributed by atoms with Gasteiger partial charge in [-0.15, -0.1) is 0 Å². The third kappa shape index (κ3) is 3.86. The second-order valence-corrected chi connectivity index (χ2v) is 9.24. The van der Waals surface area contributed by atoms with E-state index in [1.807, 2.05) is 0 Å². The van der Waals surface area contributed by atoms with Crippen molar-refractivity contribution in [1.29, 1.82) is 0 Å². The number of benzene rings is 5. The summed E-state index contributed by atoms with van der Waals surface area (Å²) in [4.78, 5) is 0. The lowest BCUT2D eigenvalue weighted by molar-refractivity contribution is 0.765. The molecule has 0 nitrogen and oxygen atoms in total. The molecule has 6 rings (SSSR count). The lowest BCUT2D eigenvalue weighted by Crippen LogP contribution is -2.10. The zero-order valence-corrected chi connectivity index (χ0v) is 19.3. The fraction of sp³-hybridized carbons (Fsp3) is 0.118. The molecule has 5 aromatic carbocycles. The highest BCUT2D eigenvalue weighted by molar-refractivity contribution is 5.87. The molecule has 0 heterocycles. The van der Waals surface area contributed by atoms with Crippen molar-refractivity contribution in [2.45, 2.75) is 24.7 Å². The first-order valence-electron chi connectivity index (χ1n) is 12.3. The van der Waals surface area contributed by atoms with Gasteiger partial charge >= 0.3 is 0 Å². The van der Waals surface area contributed by atoms with Crippen molar-refractivity contribution in [2.24, 2.45) is 0 Å². The normalized spacial score (nSPS) is 20.0. The van der Waals surface area contributed by atoms with Crippen LogP contribution in [-0.2, 0) is 0 Å². The third-order valence-corrected chi connectivity index (χ3v) is 7.25. The average Bonchev–Trinajstić information content (AvgIpc) is 2.90. The summed E-state index contributed by atoms with van der Waals surface area (Å²) in [5.41, 5.74) is 5.68. The summed E-state index contributed by atoms with van der Waals surface area (Å²) >= 11 is 0. The maximum Gasteiger partial charge on any atom is 0.0133 e. The number of hydrogen-bond acceptors (Lipinski definition) is 0. The predicted molar refractivity (Wildman–Crippen MR) is 146 cm³/mol. The molecule has 0 N–H and O–H groups in total. The summed E-state index contributed by atoms with van der Waals surface area (Å²) in [7, 11) is 0. The first-order chi connectivity index (χ1) is 16.9. The number of allylic oxidation sites excluding steroid dienone is 4. The molecule has 5 aromatic rings. The molecule has 0 radical (unpaired) electrons. The van der Waals surface area contributed by atoms with Gasteiger partial charge in [0.1, 0.15) is 0 Å². The Balaban J connectivity index is 1.55. The molecule has 2 atom stereocenters. The first kappa shape index (κ1) is 20.7. The Hall–Kier alpha value is -3.90. The minimum absolute atomic E-state index is 0.313. The van der Waals surface area contributed by atoms with Crippen molar-refractivity contribution in [2.75, 3.05) is 0 Å². The van der Waals surface area contributed by atoms with Crippen LogP contribution in [0.15, 0.2) is 133 Å². The molecule has 0 saturated heterocycles. The van der Waals surface area contributed by atoms with Crippen LogP contribution in [0.3, 0.4) is 0 Å². The van der Waals surface area contributed by atoms with E-state index in [-0.39, 0.29) is 0 Å². The van der Waals surface area contributed by atoms with Crippen LogP contribution in [0.25, 0.3) is 21.5 Å². The summed E-state index contributed by atoms with van der Waals surface area (Å²) in [5.74, 6) is 0.633. The zero-order valence-electron chi connectivity index (χ0n) is 19.3. The molecule has 0 amide bonds. The summed E-state index contributed by atoms with van der Waals surface area (Å²) in [6.07, 6.45) is 11.1. The summed E-state index contributed by atoms with van der Waals surface area (Å²) in [6, 6.07) is 40.3. The highest BCUT2D eigenvalue weighted by Crippen LogP contribution is 2.41. The van der Waals surface area contributed by atoms with E-state index in [9.17, 15) is 0 Å². The standard InChI is InChI=1S/C34H28/c1-2-4-18-33(32-21-11-15-26-13-7-8-17-29(26)32)34-20-10-9-19-31(34)30(16-3-1)28-23-22-25-12-5-6-14-27(25)24-28/h1-15,17,19-24,30,33H,16,18H2/b3-1-,4-2-. The SMILES string of the molecule is C1=C\CC(c2ccc3ccccc3c2)c2ccccc2C(c2cccc3ccccc23)C\C=C/1. The van der Waals surface area contributed by atoms with Crippen LogP contribution in [0.5, 0.6) is 0 Å². The maximum absolute atomic E-state index is 2.39. The van der Waals surface area contributed by atoms with Gasteiger partial charge in [-0.1, -0.05) is 133 Å². The molecule has 0 bridgehead atoms. The monoisotopic (exact) mass is 436 g/mol. The lowest BCUT2D eigenvalue weighted by Gasteiger charge is -2.27. The average molecular weight is 437 g/mol. The molecule has 0 spiro atoms. The van der Waals surface area contributed by atoms with Crippen LogP contribution in [0.4, 0.5) is 0 Å². The highest BCUT2D eigenvalue weighted by Gasteiger charge is 2.23. The van der Waals surface area contributed by atoms with Gasteiger partial charge < -0.3 is 0 Å². The molecule has 0 saturated carbocycles. The Bertz CT molecular complexity index is 1510. The molecule has 0 aromatic heterocycles. The van der Waals surface area contributed by atoms with Crippen molar-refractivity contribution >= 4 is 21.5 Å². The fourth-order valence-corrected chi connectivity index (χ4v) is 5.57. The van der Waals surface area contributed by atoms with Crippen LogP contribution in [0.1, 0.15) is 46.9 Å². The van der Waals surface area contributed by atoms with Gasteiger partial charge in [-0.2, -0.15) is 0 Å². The molecule has 0 fully saturated rings. The number of hydrogen-bond donors (Lipinski definition) is 0. The van der Waals surface area contributed by atoms with E-state index in [4.69, 9.17) is 0 Å². The van der Waals surface area contributed by atoms with Gasteiger partial charge in [-0.25, -0.2) is 0 Å². The quantitative estimate of drug-likeness (QED) is 0.259. The van der Waals surface area contributed by atoms with Crippen LogP contribution in [0, 0.1) is 0 Å². The van der Waals surface area contributed by atoms with Gasteiger partial charge in [-0.3, -0.25) is 0 Å². The second kappa shape index (κ2) is 9.15. The molecular weight excluding hydrogens is 408 g/mol. The molecular formula is C34H28. The second-order valence-electron chi connectivity index (χ2n) is 9.24. The first-order valence-corrected chi connectivity index (χ1v) is 12.3. The topological polar surface area (TPSA) is 0 Å². The van der Waals surface area contributed by atoms with Gasteiger partial charge in [0, 0.05) is 11.8 Å². The molecule has 0 aliphatic heterocycles. The zero-order chi connectivity index (χ0) is 22.7. The van der Waals surface area contributed by atoms with Gasteiger partial charge in [-0.05, 0) is 56.6 Å². The molecule has 0 heteroatoms. The van der Waals surface area contributed by atoms with Crippen molar-refractivity contribution in [3.05, 3.63) is 156 Å². The van der Waals surface area contributed by atoms with E-state index >= 15 is 0 Å². The number of fused-ring (bicyclic) bond motifs is 3. The minimum Gasteiger partial charge on any atom is -0.0836 e. The minimum atomic E-state index is 0.313. The largest absolute Gasteiger partial charge is 0.0836 e. The van der Waals surface area contributed by atoms with Crippen LogP contribution >= 0.6 is 0 Å². The summed E-state index contributed by atoms with van der Waals surface area (Å²) in [6.45, 7) is 0. The summed E-state index contributed by atoms with van der Waals surface area (Å²) < 4.78 is 0. The van der Waals surface area contributed by atoms with E-state index in [1.54, 1.807) is 0 Å². The Morgan fingerprint density at radius 2 is 1.03 bits per heavy atom. The van der Waals surface area contributed by atoms with Crippen LogP contribution < -0.4 is 0 Å². The molecule has 164 valence electrons. The van der Waals surface area contributed by atoms with Crippen LogP contribution in [-0.4, -0.2) is 0 Å². The smallest absolute Gasteiger partial charge is 0.0133 e. The van der Waals surface area contributed by atoms with Crippen molar-refractivity contribution in [3.8, 4) is 0 Å². The van der Waals surface area contributed by atoms with E-state index in [1.165, 1.54) is 43.8 Å². The van der Waals surface area contributed by atoms with Crippen LogP contribution in [0.2, 0.25) is 0 Å². The van der Waals surface area contributed by atoms with Gasteiger partial charge in [0.25, 0.3) is 0 Å². The Kier molecular flexibility index (Phi) is 5.57. The molecule has 1 aliphatic carbocycles. The van der Waals surface area contributed by atoms with E-state index in [0.29, 0.717) is 11.8 Å². The van der Waals surface area contributed by atoms with E-state index in [2.05, 4.69) is 133 Å². The summed E-state index contributed by atoms with van der Waals surface area (Å²) in [5, 5.41) is 5.27. The molecule has 2 unspecified atom stereocenters. The Morgan fingerprint density at radius 1 is 0.441 bits per heavy atom. The fourth-order valence-electron chi connectivity index (χ4n) is 5.57. The van der Waals surface area contributed by atoms with Crippen molar-refractivity contribution < 1.29 is 0 Å². The Morgan fingerprint density at radius 3 is 1.85 bits per heavy atom. The maximum atomic E-state index is 2.39. The highest BCUT2D eigenvalue weighted by atomic mass is 14.3. The molecule has 34 heavy (non-hydrogen) atoms. The van der Waals surface area contributed by atoms with Crippen molar-refractivity contribution in [3.63, 3.8) is 0 Å². The van der Waals surface area contributed by atoms with Crippen molar-refractivity contribution in [1.82, 2.24) is 0 Å². The Labute approximate surface area is 201 Å².